The molecule has 0 aliphatic rings. The topological polar surface area (TPSA) is 55.2 Å². The average molecular weight is 277 g/mol. The van der Waals surface area contributed by atoms with Crippen LogP contribution in [-0.4, -0.2) is 31.0 Å². The van der Waals surface area contributed by atoms with Crippen LogP contribution >= 0.6 is 0 Å². The fraction of sp³-hybridized carbons (Fsp3) is 0.154. The van der Waals surface area contributed by atoms with Gasteiger partial charge in [0, 0.05) is 7.05 Å². The molecular weight excluding hydrogens is 262 g/mol. The molecule has 0 amide bonds. The van der Waals surface area contributed by atoms with E-state index >= 15 is 0 Å². The van der Waals surface area contributed by atoms with E-state index in [0.29, 0.717) is 5.69 Å². The molecule has 0 bridgehead atoms. The van der Waals surface area contributed by atoms with Crippen molar-refractivity contribution in [3.8, 4) is 5.69 Å². The molecule has 0 radical (unpaired) electrons. The molecule has 0 aliphatic heterocycles. The molecule has 1 aromatic carbocycles. The minimum Gasteiger partial charge on any atom is -0.270 e. The fourth-order valence-corrected chi connectivity index (χ4v) is 2.56. The van der Waals surface area contributed by atoms with Crippen LogP contribution in [0, 0.1) is 0 Å². The summed E-state index contributed by atoms with van der Waals surface area (Å²) in [6.07, 6.45) is 4.57. The maximum Gasteiger partial charge on any atom is 0.238 e. The van der Waals surface area contributed by atoms with Gasteiger partial charge in [-0.3, -0.25) is 4.31 Å². The molecule has 0 saturated heterocycles. The largest absolute Gasteiger partial charge is 0.270 e. The summed E-state index contributed by atoms with van der Waals surface area (Å²) in [6.45, 7) is 3.45. The van der Waals surface area contributed by atoms with Gasteiger partial charge in [-0.2, -0.15) is 5.10 Å². The zero-order valence-electron chi connectivity index (χ0n) is 10.6. The summed E-state index contributed by atoms with van der Waals surface area (Å²) in [5.41, 5.74) is 1.40. The van der Waals surface area contributed by atoms with Gasteiger partial charge in [0.05, 0.1) is 29.5 Å². The summed E-state index contributed by atoms with van der Waals surface area (Å²) in [5.74, 6) is -0.0972. The van der Waals surface area contributed by atoms with Gasteiger partial charge in [-0.25, -0.2) is 13.1 Å². The van der Waals surface area contributed by atoms with Gasteiger partial charge in [-0.1, -0.05) is 24.3 Å². The van der Waals surface area contributed by atoms with Crippen molar-refractivity contribution >= 4 is 15.7 Å². The third-order valence-corrected chi connectivity index (χ3v) is 4.40. The lowest BCUT2D eigenvalue weighted by molar-refractivity contribution is 0.597. The molecule has 5 nitrogen and oxygen atoms in total. The Balaban J connectivity index is 2.29. The maximum absolute atomic E-state index is 11.9. The zero-order valence-corrected chi connectivity index (χ0v) is 11.4. The highest BCUT2D eigenvalue weighted by Gasteiger charge is 2.18. The van der Waals surface area contributed by atoms with E-state index in [1.807, 2.05) is 30.3 Å². The summed E-state index contributed by atoms with van der Waals surface area (Å²) in [6, 6.07) is 9.50. The first-order valence-electron chi connectivity index (χ1n) is 5.72. The number of nitrogens with zero attached hydrogens (tertiary/aromatic N) is 3. The van der Waals surface area contributed by atoms with Gasteiger partial charge in [0.15, 0.2) is 0 Å². The van der Waals surface area contributed by atoms with Gasteiger partial charge in [0.1, 0.15) is 0 Å². The third kappa shape index (κ3) is 2.85. The highest BCUT2D eigenvalue weighted by atomic mass is 32.2. The van der Waals surface area contributed by atoms with Crippen LogP contribution in [0.25, 0.3) is 5.69 Å². The number of hydrogen-bond donors (Lipinski definition) is 0. The lowest BCUT2D eigenvalue weighted by Crippen LogP contribution is -2.27. The molecule has 0 aliphatic carbocycles. The summed E-state index contributed by atoms with van der Waals surface area (Å²) < 4.78 is 26.6. The predicted molar refractivity (Wildman–Crippen MR) is 76.0 cm³/mol. The molecule has 1 heterocycles. The van der Waals surface area contributed by atoms with Gasteiger partial charge in [0.25, 0.3) is 0 Å². The molecule has 19 heavy (non-hydrogen) atoms. The van der Waals surface area contributed by atoms with E-state index in [9.17, 15) is 8.42 Å². The predicted octanol–water partition coefficient (Wildman–Crippen LogP) is 1.82. The first kappa shape index (κ1) is 13.4. The van der Waals surface area contributed by atoms with E-state index in [0.717, 1.165) is 5.69 Å². The summed E-state index contributed by atoms with van der Waals surface area (Å²) in [7, 11) is -1.87. The molecule has 6 heteroatoms. The number of para-hydroxylation sites is 1. The second-order valence-electron chi connectivity index (χ2n) is 4.01. The molecule has 0 saturated carbocycles. The third-order valence-electron chi connectivity index (χ3n) is 2.70. The number of sulfonamides is 1. The van der Waals surface area contributed by atoms with Crippen LogP contribution in [-0.2, 0) is 10.0 Å². The number of hydrogen-bond acceptors (Lipinski definition) is 3. The molecule has 0 atom stereocenters. The Bertz CT molecular complexity index is 662. The Hall–Kier alpha value is -2.08. The van der Waals surface area contributed by atoms with Crippen molar-refractivity contribution in [1.29, 1.82) is 0 Å². The average Bonchev–Trinajstić information content (AvgIpc) is 2.88. The van der Waals surface area contributed by atoms with Gasteiger partial charge < -0.3 is 0 Å². The SMILES string of the molecule is C=CCS(=O)(=O)N(C)c1cnn(-c2ccccc2)c1. The lowest BCUT2D eigenvalue weighted by Gasteiger charge is -2.15. The van der Waals surface area contributed by atoms with E-state index in [1.54, 1.807) is 10.9 Å². The smallest absolute Gasteiger partial charge is 0.238 e. The molecule has 0 fully saturated rings. The summed E-state index contributed by atoms with van der Waals surface area (Å²) in [5, 5.41) is 4.17. The molecule has 1 aromatic heterocycles. The molecule has 2 aromatic rings. The van der Waals surface area contributed by atoms with E-state index in [4.69, 9.17) is 0 Å². The Morgan fingerprint density at radius 3 is 2.68 bits per heavy atom. The quantitative estimate of drug-likeness (QED) is 0.783. The second kappa shape index (κ2) is 5.27. The molecule has 0 N–H and O–H groups in total. The van der Waals surface area contributed by atoms with Crippen molar-refractivity contribution in [3.05, 3.63) is 55.4 Å². The van der Waals surface area contributed by atoms with Crippen LogP contribution in [0.4, 0.5) is 5.69 Å². The van der Waals surface area contributed by atoms with Crippen molar-refractivity contribution in [2.24, 2.45) is 0 Å². The molecule has 0 unspecified atom stereocenters. The van der Waals surface area contributed by atoms with Crippen LogP contribution in [0.1, 0.15) is 0 Å². The lowest BCUT2D eigenvalue weighted by atomic mass is 10.3. The van der Waals surface area contributed by atoms with Gasteiger partial charge in [-0.05, 0) is 12.1 Å². The number of rotatable bonds is 5. The molecule has 100 valence electrons. The first-order valence-corrected chi connectivity index (χ1v) is 7.33. The van der Waals surface area contributed by atoms with Gasteiger partial charge in [0.2, 0.25) is 10.0 Å². The number of aromatic nitrogens is 2. The van der Waals surface area contributed by atoms with Crippen molar-refractivity contribution in [1.82, 2.24) is 9.78 Å². The van der Waals surface area contributed by atoms with Gasteiger partial charge >= 0.3 is 0 Å². The molecule has 2 rings (SSSR count). The zero-order chi connectivity index (χ0) is 13.9. The van der Waals surface area contributed by atoms with Crippen molar-refractivity contribution in [2.45, 2.75) is 0 Å². The van der Waals surface area contributed by atoms with E-state index < -0.39 is 10.0 Å². The van der Waals surface area contributed by atoms with Gasteiger partial charge in [-0.15, -0.1) is 6.58 Å². The number of anilines is 1. The first-order chi connectivity index (χ1) is 9.04. The normalized spacial score (nSPS) is 11.2. The maximum atomic E-state index is 11.9. The Kier molecular flexibility index (Phi) is 3.71. The Morgan fingerprint density at radius 1 is 1.37 bits per heavy atom. The van der Waals surface area contributed by atoms with Crippen molar-refractivity contribution in [2.75, 3.05) is 17.1 Å². The highest BCUT2D eigenvalue weighted by molar-refractivity contribution is 7.92. The van der Waals surface area contributed by atoms with E-state index in [1.165, 1.54) is 23.6 Å². The van der Waals surface area contributed by atoms with E-state index in [-0.39, 0.29) is 5.75 Å². The molecular formula is C13H15N3O2S. The van der Waals surface area contributed by atoms with Crippen LogP contribution in [0.5, 0.6) is 0 Å². The standard InChI is InChI=1S/C13H15N3O2S/c1-3-9-19(17,18)15(2)13-10-14-16(11-13)12-7-5-4-6-8-12/h3-8,10-11H,1,9H2,2H3. The summed E-state index contributed by atoms with van der Waals surface area (Å²) >= 11 is 0. The monoisotopic (exact) mass is 277 g/mol. The molecule has 0 spiro atoms. The van der Waals surface area contributed by atoms with Crippen LogP contribution in [0.3, 0.4) is 0 Å². The van der Waals surface area contributed by atoms with Crippen LogP contribution in [0.15, 0.2) is 55.4 Å². The number of benzene rings is 1. The summed E-state index contributed by atoms with van der Waals surface area (Å²) in [4.78, 5) is 0. The minimum absolute atomic E-state index is 0.0972. The minimum atomic E-state index is -3.37. The highest BCUT2D eigenvalue weighted by Crippen LogP contribution is 2.17. The van der Waals surface area contributed by atoms with E-state index in [2.05, 4.69) is 11.7 Å². The Labute approximate surface area is 112 Å². The van der Waals surface area contributed by atoms with Crippen LogP contribution in [0.2, 0.25) is 0 Å². The van der Waals surface area contributed by atoms with Crippen LogP contribution < -0.4 is 4.31 Å². The second-order valence-corrected chi connectivity index (χ2v) is 6.06. The van der Waals surface area contributed by atoms with Crippen molar-refractivity contribution in [3.63, 3.8) is 0 Å². The Morgan fingerprint density at radius 2 is 2.05 bits per heavy atom. The fourth-order valence-electron chi connectivity index (χ4n) is 1.62. The van der Waals surface area contributed by atoms with Crippen molar-refractivity contribution < 1.29 is 8.42 Å².